The summed E-state index contributed by atoms with van der Waals surface area (Å²) in [5.41, 5.74) is 0.284. The topological polar surface area (TPSA) is 29.1 Å². The van der Waals surface area contributed by atoms with Crippen molar-refractivity contribution in [3.8, 4) is 0 Å². The minimum absolute atomic E-state index is 0. The number of carbonyl (C=O) groups is 1. The zero-order chi connectivity index (χ0) is 12.2. The van der Waals surface area contributed by atoms with Crippen molar-refractivity contribution in [3.05, 3.63) is 30.3 Å². The van der Waals surface area contributed by atoms with Crippen LogP contribution >= 0.6 is 12.4 Å². The number of para-hydroxylation sites is 1. The van der Waals surface area contributed by atoms with Gasteiger partial charge in [0.2, 0.25) is 0 Å². The Labute approximate surface area is 104 Å². The Morgan fingerprint density at radius 3 is 2.24 bits per heavy atom. The molecule has 0 bridgehead atoms. The number of Topliss-reactive ketones (excluding diaryl/α,β-unsaturated/α-hetero) is 1. The molecule has 1 aromatic carbocycles. The minimum Gasteiger partial charge on any atom is -0.368 e. The average molecular weight is 268 g/mol. The highest BCUT2D eigenvalue weighted by atomic mass is 35.5. The number of halogens is 4. The maximum atomic E-state index is 12.6. The molecule has 1 N–H and O–H groups in total. The fraction of sp³-hybridized carbons (Fsp3) is 0.364. The normalized spacial score (nSPS) is 12.5. The molecule has 1 unspecified atom stereocenters. The maximum Gasteiger partial charge on any atom is 0.415 e. The van der Waals surface area contributed by atoms with Gasteiger partial charge in [-0.2, -0.15) is 13.2 Å². The van der Waals surface area contributed by atoms with Crippen molar-refractivity contribution in [1.29, 1.82) is 0 Å². The number of hydrogen-bond acceptors (Lipinski definition) is 2. The monoisotopic (exact) mass is 267 g/mol. The van der Waals surface area contributed by atoms with Gasteiger partial charge in [0.05, 0.1) is 0 Å². The molecule has 0 aromatic heterocycles. The van der Waals surface area contributed by atoms with Crippen LogP contribution in [0.25, 0.3) is 0 Å². The van der Waals surface area contributed by atoms with Gasteiger partial charge in [-0.05, 0) is 12.1 Å². The first-order valence-electron chi connectivity index (χ1n) is 4.86. The fourth-order valence-corrected chi connectivity index (χ4v) is 1.25. The Morgan fingerprint density at radius 2 is 1.82 bits per heavy atom. The van der Waals surface area contributed by atoms with Gasteiger partial charge in [0.1, 0.15) is 0 Å². The molecule has 0 aliphatic carbocycles. The van der Waals surface area contributed by atoms with Gasteiger partial charge in [-0.1, -0.05) is 25.1 Å². The van der Waals surface area contributed by atoms with Crippen LogP contribution in [-0.2, 0) is 4.79 Å². The Balaban J connectivity index is 0.00000256. The second-order valence-electron chi connectivity index (χ2n) is 3.30. The number of rotatable bonds is 4. The van der Waals surface area contributed by atoms with Crippen LogP contribution < -0.4 is 5.32 Å². The molecule has 0 amide bonds. The van der Waals surface area contributed by atoms with Crippen LogP contribution in [0, 0.1) is 0 Å². The molecule has 0 aliphatic heterocycles. The second kappa shape index (κ2) is 6.49. The molecule has 1 atom stereocenters. The third-order valence-corrected chi connectivity index (χ3v) is 2.08. The van der Waals surface area contributed by atoms with Crippen LogP contribution in [0.1, 0.15) is 13.3 Å². The number of carbonyl (C=O) groups excluding carboxylic acids is 1. The molecule has 0 heterocycles. The standard InChI is InChI=1S/C11H12F3NO.ClH/c1-2-9(16)10(11(12,13)14)15-8-6-4-3-5-7-8;/h3-7,10,15H,2H2,1H3;1H. The molecule has 0 aliphatic rings. The van der Waals surface area contributed by atoms with Crippen molar-refractivity contribution in [2.75, 3.05) is 5.32 Å². The van der Waals surface area contributed by atoms with Crippen molar-refractivity contribution in [2.24, 2.45) is 0 Å². The SMILES string of the molecule is CCC(=O)C(Nc1ccccc1)C(F)(F)F.Cl. The van der Waals surface area contributed by atoms with Gasteiger partial charge in [0.25, 0.3) is 0 Å². The van der Waals surface area contributed by atoms with Crippen molar-refractivity contribution in [2.45, 2.75) is 25.6 Å². The van der Waals surface area contributed by atoms with Crippen LogP contribution in [0.4, 0.5) is 18.9 Å². The van der Waals surface area contributed by atoms with Crippen LogP contribution in [0.15, 0.2) is 30.3 Å². The van der Waals surface area contributed by atoms with Crippen molar-refractivity contribution >= 4 is 23.9 Å². The van der Waals surface area contributed by atoms with E-state index in [9.17, 15) is 18.0 Å². The van der Waals surface area contributed by atoms with Gasteiger partial charge in [0.15, 0.2) is 11.8 Å². The highest BCUT2D eigenvalue weighted by Crippen LogP contribution is 2.25. The third kappa shape index (κ3) is 4.65. The first-order valence-corrected chi connectivity index (χ1v) is 4.86. The summed E-state index contributed by atoms with van der Waals surface area (Å²) in [7, 11) is 0. The zero-order valence-corrected chi connectivity index (χ0v) is 9.94. The highest BCUT2D eigenvalue weighted by Gasteiger charge is 2.43. The van der Waals surface area contributed by atoms with Crippen LogP contribution in [0.2, 0.25) is 0 Å². The zero-order valence-electron chi connectivity index (χ0n) is 9.12. The van der Waals surface area contributed by atoms with Crippen molar-refractivity contribution in [1.82, 2.24) is 0 Å². The minimum atomic E-state index is -4.57. The van der Waals surface area contributed by atoms with Crippen molar-refractivity contribution in [3.63, 3.8) is 0 Å². The Hall–Kier alpha value is -1.23. The maximum absolute atomic E-state index is 12.6. The lowest BCUT2D eigenvalue weighted by atomic mass is 10.1. The lowest BCUT2D eigenvalue weighted by molar-refractivity contribution is -0.157. The van der Waals surface area contributed by atoms with Gasteiger partial charge in [-0.15, -0.1) is 12.4 Å². The number of ketones is 1. The summed E-state index contributed by atoms with van der Waals surface area (Å²) < 4.78 is 37.7. The molecule has 1 rings (SSSR count). The lowest BCUT2D eigenvalue weighted by Crippen LogP contribution is -2.42. The second-order valence-corrected chi connectivity index (χ2v) is 3.30. The van der Waals surface area contributed by atoms with E-state index in [-0.39, 0.29) is 24.5 Å². The van der Waals surface area contributed by atoms with E-state index in [1.807, 2.05) is 0 Å². The molecule has 0 fully saturated rings. The predicted molar refractivity (Wildman–Crippen MR) is 62.5 cm³/mol. The molecule has 96 valence electrons. The van der Waals surface area contributed by atoms with Crippen LogP contribution in [-0.4, -0.2) is 18.0 Å². The first kappa shape index (κ1) is 15.8. The molecule has 0 spiro atoms. The van der Waals surface area contributed by atoms with E-state index in [1.165, 1.54) is 19.1 Å². The summed E-state index contributed by atoms with van der Waals surface area (Å²) in [4.78, 5) is 11.2. The Kier molecular flexibility index (Phi) is 6.02. The molecule has 2 nitrogen and oxygen atoms in total. The quantitative estimate of drug-likeness (QED) is 0.905. The predicted octanol–water partition coefficient (Wildman–Crippen LogP) is 3.43. The summed E-state index contributed by atoms with van der Waals surface area (Å²) in [6, 6.07) is 5.75. The van der Waals surface area contributed by atoms with Crippen LogP contribution in [0.3, 0.4) is 0 Å². The summed E-state index contributed by atoms with van der Waals surface area (Å²) in [6.45, 7) is 1.41. The van der Waals surface area contributed by atoms with E-state index < -0.39 is 18.0 Å². The molecule has 0 saturated carbocycles. The Bertz CT molecular complexity index is 353. The van der Waals surface area contributed by atoms with Crippen molar-refractivity contribution < 1.29 is 18.0 Å². The molecular weight excluding hydrogens is 255 g/mol. The summed E-state index contributed by atoms with van der Waals surface area (Å²) >= 11 is 0. The third-order valence-electron chi connectivity index (χ3n) is 2.08. The smallest absolute Gasteiger partial charge is 0.368 e. The largest absolute Gasteiger partial charge is 0.415 e. The van der Waals surface area contributed by atoms with E-state index in [2.05, 4.69) is 5.32 Å². The molecular formula is C11H13ClF3NO. The van der Waals surface area contributed by atoms with E-state index >= 15 is 0 Å². The van der Waals surface area contributed by atoms with Gasteiger partial charge >= 0.3 is 6.18 Å². The van der Waals surface area contributed by atoms with E-state index in [4.69, 9.17) is 0 Å². The number of anilines is 1. The first-order chi connectivity index (χ1) is 7.45. The molecule has 6 heteroatoms. The highest BCUT2D eigenvalue weighted by molar-refractivity contribution is 5.87. The molecule has 0 radical (unpaired) electrons. The van der Waals surface area contributed by atoms with Gasteiger partial charge in [0, 0.05) is 12.1 Å². The van der Waals surface area contributed by atoms with E-state index in [0.717, 1.165) is 0 Å². The molecule has 17 heavy (non-hydrogen) atoms. The average Bonchev–Trinajstić information content (AvgIpc) is 2.25. The fourth-order valence-electron chi connectivity index (χ4n) is 1.25. The van der Waals surface area contributed by atoms with Gasteiger partial charge < -0.3 is 5.32 Å². The number of benzene rings is 1. The summed E-state index contributed by atoms with van der Waals surface area (Å²) in [5.74, 6) is -0.864. The van der Waals surface area contributed by atoms with E-state index in [0.29, 0.717) is 0 Å². The van der Waals surface area contributed by atoms with Gasteiger partial charge in [-0.3, -0.25) is 4.79 Å². The van der Waals surface area contributed by atoms with E-state index in [1.54, 1.807) is 18.2 Å². The Morgan fingerprint density at radius 1 is 1.29 bits per heavy atom. The molecule has 1 aromatic rings. The molecule has 0 saturated heterocycles. The van der Waals surface area contributed by atoms with Gasteiger partial charge in [-0.25, -0.2) is 0 Å². The number of alkyl halides is 3. The lowest BCUT2D eigenvalue weighted by Gasteiger charge is -2.20. The number of nitrogens with one attached hydrogen (secondary N) is 1. The van der Waals surface area contributed by atoms with Crippen LogP contribution in [0.5, 0.6) is 0 Å². The summed E-state index contributed by atoms with van der Waals surface area (Å²) in [5, 5.41) is 2.20. The summed E-state index contributed by atoms with van der Waals surface area (Å²) in [6.07, 6.45) is -4.72. The number of hydrogen-bond donors (Lipinski definition) is 1.